The first kappa shape index (κ1) is 10.5. The Labute approximate surface area is 77.2 Å². The molecule has 0 aromatic carbocycles. The van der Waals surface area contributed by atoms with E-state index in [0.717, 1.165) is 0 Å². The van der Waals surface area contributed by atoms with E-state index in [9.17, 15) is 15.0 Å². The van der Waals surface area contributed by atoms with Crippen LogP contribution in [0.4, 0.5) is 0 Å². The quantitative estimate of drug-likeness (QED) is 0.550. The predicted molar refractivity (Wildman–Crippen MR) is 46.2 cm³/mol. The van der Waals surface area contributed by atoms with Crippen LogP contribution >= 0.6 is 0 Å². The fourth-order valence-corrected chi connectivity index (χ4v) is 2.05. The number of aliphatic carboxylic acids is 1. The van der Waals surface area contributed by atoms with Crippen molar-refractivity contribution in [3.05, 3.63) is 0 Å². The zero-order chi connectivity index (χ0) is 10.2. The maximum atomic E-state index is 10.9. The molecule has 0 amide bonds. The first-order chi connectivity index (χ1) is 5.87. The maximum Gasteiger partial charge on any atom is 0.309 e. The molecule has 1 fully saturated rings. The van der Waals surface area contributed by atoms with Crippen LogP contribution < -0.4 is 0 Å². The van der Waals surface area contributed by atoms with E-state index in [1.165, 1.54) is 0 Å². The fraction of sp³-hybridized carbons (Fsp3) is 0.889. The molecule has 4 unspecified atom stereocenters. The number of carboxylic acids is 1. The molecule has 0 aromatic heterocycles. The smallest absolute Gasteiger partial charge is 0.309 e. The van der Waals surface area contributed by atoms with Crippen molar-refractivity contribution < 1.29 is 20.1 Å². The third-order valence-electron chi connectivity index (χ3n) is 2.93. The molecule has 0 spiro atoms. The largest absolute Gasteiger partial charge is 0.481 e. The highest BCUT2D eigenvalue weighted by atomic mass is 16.4. The molecule has 1 aliphatic carbocycles. The Bertz CT molecular complexity index is 202. The van der Waals surface area contributed by atoms with Gasteiger partial charge in [-0.25, -0.2) is 0 Å². The van der Waals surface area contributed by atoms with Crippen molar-refractivity contribution >= 4 is 5.97 Å². The normalized spacial score (nSPS) is 46.0. The summed E-state index contributed by atoms with van der Waals surface area (Å²) >= 11 is 0. The summed E-state index contributed by atoms with van der Waals surface area (Å²) in [6.07, 6.45) is -1.15. The van der Waals surface area contributed by atoms with Crippen LogP contribution in [0.3, 0.4) is 0 Å². The van der Waals surface area contributed by atoms with E-state index in [0.29, 0.717) is 6.42 Å². The lowest BCUT2D eigenvalue weighted by molar-refractivity contribution is -0.159. The zero-order valence-electron chi connectivity index (χ0n) is 7.90. The van der Waals surface area contributed by atoms with Crippen LogP contribution in [0, 0.1) is 11.3 Å². The van der Waals surface area contributed by atoms with Crippen molar-refractivity contribution in [1.29, 1.82) is 0 Å². The van der Waals surface area contributed by atoms with Gasteiger partial charge in [0.15, 0.2) is 0 Å². The maximum absolute atomic E-state index is 10.9. The second-order valence-corrected chi connectivity index (χ2v) is 4.31. The fourth-order valence-electron chi connectivity index (χ4n) is 2.05. The molecule has 4 atom stereocenters. The summed E-state index contributed by atoms with van der Waals surface area (Å²) < 4.78 is 0. The van der Waals surface area contributed by atoms with Crippen molar-refractivity contribution in [3.8, 4) is 0 Å². The molecule has 1 saturated carbocycles. The SMILES string of the molecule is CC1CC(C)(C(=O)O)CC(O)C1O. The molecule has 0 radical (unpaired) electrons. The van der Waals surface area contributed by atoms with E-state index < -0.39 is 23.6 Å². The molecule has 0 saturated heterocycles. The minimum atomic E-state index is -0.912. The number of aliphatic hydroxyl groups is 2. The molecule has 0 aliphatic heterocycles. The Kier molecular flexibility index (Phi) is 2.63. The first-order valence-corrected chi connectivity index (χ1v) is 4.46. The van der Waals surface area contributed by atoms with Crippen LogP contribution in [-0.2, 0) is 4.79 Å². The minimum absolute atomic E-state index is 0.133. The van der Waals surface area contributed by atoms with E-state index in [-0.39, 0.29) is 12.3 Å². The molecule has 0 bridgehead atoms. The second-order valence-electron chi connectivity index (χ2n) is 4.31. The lowest BCUT2D eigenvalue weighted by Crippen LogP contribution is -2.47. The van der Waals surface area contributed by atoms with Crippen molar-refractivity contribution in [2.45, 2.75) is 38.9 Å². The first-order valence-electron chi connectivity index (χ1n) is 4.46. The second kappa shape index (κ2) is 3.27. The Morgan fingerprint density at radius 2 is 1.92 bits per heavy atom. The van der Waals surface area contributed by atoms with Gasteiger partial charge in [-0.3, -0.25) is 4.79 Å². The van der Waals surface area contributed by atoms with Gasteiger partial charge in [0.2, 0.25) is 0 Å². The average Bonchev–Trinajstić information content (AvgIpc) is 2.00. The van der Waals surface area contributed by atoms with E-state index in [2.05, 4.69) is 0 Å². The molecule has 1 aliphatic rings. The van der Waals surface area contributed by atoms with Crippen LogP contribution in [-0.4, -0.2) is 33.5 Å². The van der Waals surface area contributed by atoms with Gasteiger partial charge in [0.1, 0.15) is 0 Å². The summed E-state index contributed by atoms with van der Waals surface area (Å²) in [7, 11) is 0. The molecule has 4 heteroatoms. The molecule has 3 N–H and O–H groups in total. The number of carbonyl (C=O) groups is 1. The number of hydrogen-bond acceptors (Lipinski definition) is 3. The highest BCUT2D eigenvalue weighted by Crippen LogP contribution is 2.39. The van der Waals surface area contributed by atoms with Gasteiger partial charge >= 0.3 is 5.97 Å². The van der Waals surface area contributed by atoms with Crippen molar-refractivity contribution in [3.63, 3.8) is 0 Å². The van der Waals surface area contributed by atoms with Gasteiger partial charge < -0.3 is 15.3 Å². The highest BCUT2D eigenvalue weighted by molar-refractivity contribution is 5.74. The Morgan fingerprint density at radius 3 is 2.31 bits per heavy atom. The summed E-state index contributed by atoms with van der Waals surface area (Å²) in [6, 6.07) is 0. The van der Waals surface area contributed by atoms with E-state index in [1.807, 2.05) is 0 Å². The molecule has 76 valence electrons. The number of rotatable bonds is 1. The van der Waals surface area contributed by atoms with Crippen LogP contribution in [0.2, 0.25) is 0 Å². The highest BCUT2D eigenvalue weighted by Gasteiger charge is 2.45. The molecule has 13 heavy (non-hydrogen) atoms. The molecular formula is C9H16O4. The summed E-state index contributed by atoms with van der Waals surface area (Å²) in [5.41, 5.74) is -0.891. The van der Waals surface area contributed by atoms with Gasteiger partial charge in [-0.1, -0.05) is 6.92 Å². The summed E-state index contributed by atoms with van der Waals surface area (Å²) in [5.74, 6) is -1.06. The molecule has 4 nitrogen and oxygen atoms in total. The van der Waals surface area contributed by atoms with E-state index in [1.54, 1.807) is 13.8 Å². The average molecular weight is 188 g/mol. The Balaban J connectivity index is 2.79. The third-order valence-corrected chi connectivity index (χ3v) is 2.93. The van der Waals surface area contributed by atoms with Crippen LogP contribution in [0.1, 0.15) is 26.7 Å². The van der Waals surface area contributed by atoms with Crippen LogP contribution in [0.25, 0.3) is 0 Å². The van der Waals surface area contributed by atoms with Crippen LogP contribution in [0.5, 0.6) is 0 Å². The molecular weight excluding hydrogens is 172 g/mol. The van der Waals surface area contributed by atoms with E-state index >= 15 is 0 Å². The standard InChI is InChI=1S/C9H16O4/c1-5-3-9(2,8(12)13)4-6(10)7(5)11/h5-7,10-11H,3-4H2,1-2H3,(H,12,13). The van der Waals surface area contributed by atoms with Gasteiger partial charge in [0, 0.05) is 0 Å². The molecule has 0 heterocycles. The lowest BCUT2D eigenvalue weighted by Gasteiger charge is -2.39. The van der Waals surface area contributed by atoms with Gasteiger partial charge in [-0.05, 0) is 25.7 Å². The molecule has 1 rings (SSSR count). The van der Waals surface area contributed by atoms with Crippen LogP contribution in [0.15, 0.2) is 0 Å². The number of hydrogen-bond donors (Lipinski definition) is 3. The lowest BCUT2D eigenvalue weighted by atomic mass is 9.69. The van der Waals surface area contributed by atoms with Crippen molar-refractivity contribution in [2.75, 3.05) is 0 Å². The summed E-state index contributed by atoms with van der Waals surface area (Å²) in [6.45, 7) is 3.37. The number of aliphatic hydroxyl groups excluding tert-OH is 2. The van der Waals surface area contributed by atoms with Gasteiger partial charge in [0.05, 0.1) is 17.6 Å². The Morgan fingerprint density at radius 1 is 1.38 bits per heavy atom. The molecule has 0 aromatic rings. The summed E-state index contributed by atoms with van der Waals surface area (Å²) in [5, 5.41) is 27.8. The third kappa shape index (κ3) is 1.84. The summed E-state index contributed by atoms with van der Waals surface area (Å²) in [4.78, 5) is 10.9. The van der Waals surface area contributed by atoms with Gasteiger partial charge in [-0.2, -0.15) is 0 Å². The predicted octanol–water partition coefficient (Wildman–Crippen LogP) is 0.229. The zero-order valence-corrected chi connectivity index (χ0v) is 7.90. The van der Waals surface area contributed by atoms with Crippen molar-refractivity contribution in [2.24, 2.45) is 11.3 Å². The minimum Gasteiger partial charge on any atom is -0.481 e. The van der Waals surface area contributed by atoms with Crippen molar-refractivity contribution in [1.82, 2.24) is 0 Å². The van der Waals surface area contributed by atoms with Gasteiger partial charge in [-0.15, -0.1) is 0 Å². The number of carboxylic acid groups (broad SMARTS) is 1. The van der Waals surface area contributed by atoms with Gasteiger partial charge in [0.25, 0.3) is 0 Å². The topological polar surface area (TPSA) is 77.8 Å². The Hall–Kier alpha value is -0.610. The monoisotopic (exact) mass is 188 g/mol. The van der Waals surface area contributed by atoms with E-state index in [4.69, 9.17) is 5.11 Å².